The predicted molar refractivity (Wildman–Crippen MR) is 87.0 cm³/mol. The monoisotopic (exact) mass is 306 g/mol. The summed E-state index contributed by atoms with van der Waals surface area (Å²) in [6.07, 6.45) is 1.89. The van der Waals surface area contributed by atoms with Crippen molar-refractivity contribution in [1.82, 2.24) is 9.80 Å². The molecule has 1 unspecified atom stereocenters. The molecule has 0 saturated carbocycles. The van der Waals surface area contributed by atoms with Crippen molar-refractivity contribution in [3.8, 4) is 11.5 Å². The van der Waals surface area contributed by atoms with Crippen LogP contribution in [0.15, 0.2) is 18.2 Å². The van der Waals surface area contributed by atoms with Crippen LogP contribution >= 0.6 is 0 Å². The minimum absolute atomic E-state index is 0.107. The predicted octanol–water partition coefficient (Wildman–Crippen LogP) is 1.91. The summed E-state index contributed by atoms with van der Waals surface area (Å²) >= 11 is 0. The quantitative estimate of drug-likeness (QED) is 0.720. The molecule has 1 aliphatic heterocycles. The summed E-state index contributed by atoms with van der Waals surface area (Å²) < 4.78 is 11.3. The van der Waals surface area contributed by atoms with Crippen LogP contribution in [0, 0.1) is 0 Å². The summed E-state index contributed by atoms with van der Waals surface area (Å²) in [6, 6.07) is 5.25. The number of carbonyl (C=O) groups is 1. The van der Waals surface area contributed by atoms with Gasteiger partial charge in [0.2, 0.25) is 0 Å². The normalized spacial score (nSPS) is 18.0. The Morgan fingerprint density at radius 3 is 2.59 bits per heavy atom. The van der Waals surface area contributed by atoms with Crippen LogP contribution in [-0.4, -0.2) is 69.1 Å². The molecule has 1 aliphatic rings. The standard InChI is InChI=1S/C17H26N2O3/c1-14(6-7-19-10-8-18(2)9-11-19)22-16-5-4-15(13-20)12-17(16)21-3/h4-5,12-14H,6-11H2,1-3H3. The van der Waals surface area contributed by atoms with E-state index in [1.807, 2.05) is 0 Å². The van der Waals surface area contributed by atoms with Gasteiger partial charge in [-0.3, -0.25) is 4.79 Å². The maximum atomic E-state index is 10.8. The van der Waals surface area contributed by atoms with Crippen molar-refractivity contribution in [3.63, 3.8) is 0 Å². The van der Waals surface area contributed by atoms with Crippen LogP contribution in [0.2, 0.25) is 0 Å². The Kier molecular flexibility index (Phi) is 6.21. The Morgan fingerprint density at radius 2 is 1.95 bits per heavy atom. The molecule has 0 spiro atoms. The molecule has 0 bridgehead atoms. The Labute approximate surface area is 132 Å². The van der Waals surface area contributed by atoms with Crippen molar-refractivity contribution in [3.05, 3.63) is 23.8 Å². The molecule has 1 heterocycles. The van der Waals surface area contributed by atoms with Crippen molar-refractivity contribution in [2.45, 2.75) is 19.4 Å². The Balaban J connectivity index is 1.83. The van der Waals surface area contributed by atoms with Gasteiger partial charge in [0.15, 0.2) is 11.5 Å². The smallest absolute Gasteiger partial charge is 0.161 e. The van der Waals surface area contributed by atoms with E-state index < -0.39 is 0 Å². The number of piperazine rings is 1. The maximum absolute atomic E-state index is 10.8. The van der Waals surface area contributed by atoms with E-state index in [0.717, 1.165) is 45.4 Å². The number of likely N-dealkylation sites (N-methyl/N-ethyl adjacent to an activating group) is 1. The van der Waals surface area contributed by atoms with Gasteiger partial charge in [-0.2, -0.15) is 0 Å². The first-order valence-corrected chi connectivity index (χ1v) is 7.83. The van der Waals surface area contributed by atoms with Crippen molar-refractivity contribution >= 4 is 6.29 Å². The molecule has 1 fully saturated rings. The third-order valence-electron chi connectivity index (χ3n) is 4.10. The van der Waals surface area contributed by atoms with Crippen molar-refractivity contribution in [1.29, 1.82) is 0 Å². The molecule has 1 aromatic rings. The van der Waals surface area contributed by atoms with Gasteiger partial charge in [-0.25, -0.2) is 0 Å². The molecule has 0 N–H and O–H groups in total. The van der Waals surface area contributed by atoms with Crippen molar-refractivity contribution in [2.24, 2.45) is 0 Å². The molecule has 0 radical (unpaired) electrons. The lowest BCUT2D eigenvalue weighted by Crippen LogP contribution is -2.45. The summed E-state index contributed by atoms with van der Waals surface area (Å²) in [5.74, 6) is 1.30. The first-order valence-electron chi connectivity index (χ1n) is 7.83. The van der Waals surface area contributed by atoms with Crippen molar-refractivity contribution in [2.75, 3.05) is 46.9 Å². The van der Waals surface area contributed by atoms with E-state index >= 15 is 0 Å². The maximum Gasteiger partial charge on any atom is 0.161 e. The zero-order valence-corrected chi connectivity index (χ0v) is 13.7. The van der Waals surface area contributed by atoms with Gasteiger partial charge in [-0.1, -0.05) is 0 Å². The molecule has 1 saturated heterocycles. The van der Waals surface area contributed by atoms with Gasteiger partial charge in [0, 0.05) is 38.3 Å². The number of nitrogens with zero attached hydrogens (tertiary/aromatic N) is 2. The van der Waals surface area contributed by atoms with Gasteiger partial charge in [0.05, 0.1) is 13.2 Å². The van der Waals surface area contributed by atoms with Crippen LogP contribution in [0.5, 0.6) is 11.5 Å². The molecule has 5 nitrogen and oxygen atoms in total. The molecular formula is C17H26N2O3. The van der Waals surface area contributed by atoms with E-state index in [1.54, 1.807) is 25.3 Å². The average molecular weight is 306 g/mol. The van der Waals surface area contributed by atoms with Gasteiger partial charge in [-0.05, 0) is 38.6 Å². The summed E-state index contributed by atoms with van der Waals surface area (Å²) in [6.45, 7) is 7.64. The second-order valence-electron chi connectivity index (χ2n) is 5.89. The van der Waals surface area contributed by atoms with E-state index in [9.17, 15) is 4.79 Å². The van der Waals surface area contributed by atoms with Crippen LogP contribution in [0.1, 0.15) is 23.7 Å². The van der Waals surface area contributed by atoms with Gasteiger partial charge in [0.25, 0.3) is 0 Å². The molecule has 1 atom stereocenters. The van der Waals surface area contributed by atoms with Gasteiger partial charge in [-0.15, -0.1) is 0 Å². The van der Waals surface area contributed by atoms with E-state index in [1.165, 1.54) is 0 Å². The fraction of sp³-hybridized carbons (Fsp3) is 0.588. The lowest BCUT2D eigenvalue weighted by atomic mass is 10.2. The highest BCUT2D eigenvalue weighted by molar-refractivity contribution is 5.76. The van der Waals surface area contributed by atoms with Crippen LogP contribution in [0.4, 0.5) is 0 Å². The first-order chi connectivity index (χ1) is 10.6. The fourth-order valence-electron chi connectivity index (χ4n) is 2.57. The third kappa shape index (κ3) is 4.71. The summed E-state index contributed by atoms with van der Waals surface area (Å²) in [5, 5.41) is 0. The number of methoxy groups -OCH3 is 1. The van der Waals surface area contributed by atoms with E-state index in [4.69, 9.17) is 9.47 Å². The van der Waals surface area contributed by atoms with Crippen LogP contribution in [0.25, 0.3) is 0 Å². The molecule has 0 aromatic heterocycles. The molecule has 1 aromatic carbocycles. The molecular weight excluding hydrogens is 280 g/mol. The minimum atomic E-state index is 0.107. The van der Waals surface area contributed by atoms with Crippen LogP contribution in [0.3, 0.4) is 0 Å². The number of hydrogen-bond acceptors (Lipinski definition) is 5. The Bertz CT molecular complexity index is 485. The highest BCUT2D eigenvalue weighted by Crippen LogP contribution is 2.28. The zero-order valence-electron chi connectivity index (χ0n) is 13.7. The first kappa shape index (κ1) is 16.8. The summed E-state index contributed by atoms with van der Waals surface area (Å²) in [4.78, 5) is 15.6. The topological polar surface area (TPSA) is 42.0 Å². The SMILES string of the molecule is COc1cc(C=O)ccc1OC(C)CCN1CCN(C)CC1. The number of hydrogen-bond donors (Lipinski definition) is 0. The van der Waals surface area contributed by atoms with Gasteiger partial charge >= 0.3 is 0 Å². The fourth-order valence-corrected chi connectivity index (χ4v) is 2.57. The Hall–Kier alpha value is -1.59. The molecule has 0 aliphatic carbocycles. The number of carbonyl (C=O) groups excluding carboxylic acids is 1. The largest absolute Gasteiger partial charge is 0.493 e. The average Bonchev–Trinajstić information content (AvgIpc) is 2.54. The highest BCUT2D eigenvalue weighted by atomic mass is 16.5. The molecule has 122 valence electrons. The molecule has 22 heavy (non-hydrogen) atoms. The minimum Gasteiger partial charge on any atom is -0.493 e. The lowest BCUT2D eigenvalue weighted by molar-refractivity contribution is 0.112. The van der Waals surface area contributed by atoms with E-state index in [0.29, 0.717) is 17.1 Å². The van der Waals surface area contributed by atoms with Gasteiger partial charge in [0.1, 0.15) is 6.29 Å². The van der Waals surface area contributed by atoms with Crippen LogP contribution < -0.4 is 9.47 Å². The number of aldehydes is 1. The molecule has 0 amide bonds. The lowest BCUT2D eigenvalue weighted by Gasteiger charge is -2.32. The molecule has 5 heteroatoms. The summed E-state index contributed by atoms with van der Waals surface area (Å²) in [5.41, 5.74) is 0.592. The van der Waals surface area contributed by atoms with Crippen LogP contribution in [-0.2, 0) is 0 Å². The van der Waals surface area contributed by atoms with Crippen molar-refractivity contribution < 1.29 is 14.3 Å². The Morgan fingerprint density at radius 1 is 1.23 bits per heavy atom. The number of ether oxygens (including phenoxy) is 2. The van der Waals surface area contributed by atoms with Gasteiger partial charge < -0.3 is 19.3 Å². The summed E-state index contributed by atoms with van der Waals surface area (Å²) in [7, 11) is 3.75. The zero-order chi connectivity index (χ0) is 15.9. The number of benzene rings is 1. The second-order valence-corrected chi connectivity index (χ2v) is 5.89. The highest BCUT2D eigenvalue weighted by Gasteiger charge is 2.16. The van der Waals surface area contributed by atoms with E-state index in [2.05, 4.69) is 23.8 Å². The van der Waals surface area contributed by atoms with E-state index in [-0.39, 0.29) is 6.10 Å². The third-order valence-corrected chi connectivity index (χ3v) is 4.10. The molecule has 2 rings (SSSR count). The number of rotatable bonds is 7. The second kappa shape index (κ2) is 8.15.